The second-order valence-electron chi connectivity index (χ2n) is 12.5. The minimum atomic E-state index is 0.0268. The number of hydrogen-bond acceptors (Lipinski definition) is 13. The fraction of sp³-hybridized carbons (Fsp3) is 1.00. The van der Waals surface area contributed by atoms with Crippen molar-refractivity contribution in [2.24, 2.45) is 0 Å². The van der Waals surface area contributed by atoms with Crippen LogP contribution in [0.3, 0.4) is 0 Å². The Balaban J connectivity index is 3.12. The highest BCUT2D eigenvalue weighted by atomic mass is 16.6. The third kappa shape index (κ3) is 47.5. The van der Waals surface area contributed by atoms with Gasteiger partial charge in [0.2, 0.25) is 0 Å². The van der Waals surface area contributed by atoms with Crippen LogP contribution in [0.25, 0.3) is 0 Å². The van der Waals surface area contributed by atoms with E-state index in [9.17, 15) is 0 Å². The third-order valence-electron chi connectivity index (χ3n) is 7.77. The highest BCUT2D eigenvalue weighted by molar-refractivity contribution is 4.51. The molecule has 0 aliphatic heterocycles. The molecule has 0 aliphatic rings. The van der Waals surface area contributed by atoms with Gasteiger partial charge in [-0.3, -0.25) is 0 Å². The van der Waals surface area contributed by atoms with Gasteiger partial charge in [0.25, 0.3) is 0 Å². The molecule has 52 heavy (non-hydrogen) atoms. The summed E-state index contributed by atoms with van der Waals surface area (Å²) in [5, 5.41) is 8.59. The van der Waals surface area contributed by atoms with Crippen LogP contribution in [0.15, 0.2) is 0 Å². The quantitative estimate of drug-likeness (QED) is 0.0811. The summed E-state index contributed by atoms with van der Waals surface area (Å²) in [5.74, 6) is 0. The van der Waals surface area contributed by atoms with Crippen molar-refractivity contribution in [1.29, 1.82) is 0 Å². The maximum atomic E-state index is 8.59. The van der Waals surface area contributed by atoms with Gasteiger partial charge in [0.1, 0.15) is 0 Å². The molecule has 0 aromatic rings. The Hall–Kier alpha value is -0.520. The normalized spacial score (nSPS) is 12.3. The van der Waals surface area contributed by atoms with E-state index in [1.165, 1.54) is 64.2 Å². The first-order valence-corrected chi connectivity index (χ1v) is 20.4. The number of rotatable bonds is 48. The lowest BCUT2D eigenvalue weighted by Crippen LogP contribution is -2.17. The summed E-state index contributed by atoms with van der Waals surface area (Å²) in [7, 11) is 0. The second kappa shape index (κ2) is 48.5. The molecule has 0 radical (unpaired) electrons. The average Bonchev–Trinajstić information content (AvgIpc) is 3.15. The van der Waals surface area contributed by atoms with E-state index in [0.717, 1.165) is 26.1 Å². The van der Waals surface area contributed by atoms with E-state index in [0.29, 0.717) is 139 Å². The molecule has 0 aliphatic carbocycles. The Labute approximate surface area is 317 Å². The predicted molar refractivity (Wildman–Crippen MR) is 203 cm³/mol. The molecule has 0 aromatic carbocycles. The van der Waals surface area contributed by atoms with Crippen LogP contribution in [-0.2, 0) is 56.8 Å². The van der Waals surface area contributed by atoms with E-state index >= 15 is 0 Å². The van der Waals surface area contributed by atoms with Crippen LogP contribution >= 0.6 is 0 Å². The van der Waals surface area contributed by atoms with Crippen molar-refractivity contribution >= 4 is 0 Å². The molecule has 0 saturated carbocycles. The lowest BCUT2D eigenvalue weighted by Gasteiger charge is -2.13. The van der Waals surface area contributed by atoms with Gasteiger partial charge < -0.3 is 61.9 Å². The molecule has 0 amide bonds. The van der Waals surface area contributed by atoms with Crippen molar-refractivity contribution in [3.8, 4) is 0 Å². The molecule has 0 heterocycles. The minimum absolute atomic E-state index is 0.0268. The predicted octanol–water partition coefficient (Wildman–Crippen LogP) is 5.27. The maximum Gasteiger partial charge on any atom is 0.0704 e. The summed E-state index contributed by atoms with van der Waals surface area (Å²) < 4.78 is 66.0. The molecule has 13 heteroatoms. The fourth-order valence-corrected chi connectivity index (χ4v) is 4.76. The molecule has 0 fully saturated rings. The highest BCUT2D eigenvalue weighted by Crippen LogP contribution is 2.11. The Morgan fingerprint density at radius 3 is 0.904 bits per heavy atom. The third-order valence-corrected chi connectivity index (χ3v) is 7.77. The number of aliphatic hydroxyl groups excluding tert-OH is 1. The monoisotopic (exact) mass is 757 g/mol. The molecule has 1 N–H and O–H groups in total. The smallest absolute Gasteiger partial charge is 0.0704 e. The average molecular weight is 757 g/mol. The molecule has 314 valence electrons. The van der Waals surface area contributed by atoms with Gasteiger partial charge in [-0.2, -0.15) is 0 Å². The molecular formula is C39H80O13. The number of ether oxygens (including phenoxy) is 12. The lowest BCUT2D eigenvalue weighted by atomic mass is 10.1. The van der Waals surface area contributed by atoms with Crippen molar-refractivity contribution in [2.75, 3.05) is 159 Å². The van der Waals surface area contributed by atoms with E-state index in [2.05, 4.69) is 13.8 Å². The van der Waals surface area contributed by atoms with Gasteiger partial charge in [-0.05, 0) is 19.8 Å². The van der Waals surface area contributed by atoms with Crippen LogP contribution < -0.4 is 0 Å². The standard InChI is InChI=1S/C39H80O13/c1-3-4-5-6-7-8-9-10-11-12-13-16-41-17-14-39(2)52-38-37-51-36-35-50-34-33-49-32-31-48-30-29-47-28-27-46-26-25-45-24-23-44-22-21-43-20-19-42-18-15-40/h39-40H,3-38H2,1-2H3. The number of unbranched alkanes of at least 4 members (excludes halogenated alkanes) is 10. The SMILES string of the molecule is CCCCCCCCCCCCCOCCC(C)OCCOCCOCCOCCOCCOCCOCCOCCOCCOCCOCCO. The van der Waals surface area contributed by atoms with Crippen LogP contribution in [0.5, 0.6) is 0 Å². The lowest BCUT2D eigenvalue weighted by molar-refractivity contribution is -0.0312. The molecule has 0 saturated heterocycles. The van der Waals surface area contributed by atoms with Crippen LogP contribution in [-0.4, -0.2) is 170 Å². The second-order valence-corrected chi connectivity index (χ2v) is 12.5. The van der Waals surface area contributed by atoms with E-state index in [1.807, 2.05) is 0 Å². The summed E-state index contributed by atoms with van der Waals surface area (Å²) in [6, 6.07) is 0. The van der Waals surface area contributed by atoms with Gasteiger partial charge in [-0.1, -0.05) is 71.1 Å². The molecule has 13 nitrogen and oxygen atoms in total. The van der Waals surface area contributed by atoms with Crippen LogP contribution in [0.4, 0.5) is 0 Å². The zero-order valence-electron chi connectivity index (χ0n) is 33.4. The van der Waals surface area contributed by atoms with Crippen LogP contribution in [0, 0.1) is 0 Å². The van der Waals surface area contributed by atoms with Crippen LogP contribution in [0.1, 0.15) is 90.9 Å². The van der Waals surface area contributed by atoms with Gasteiger partial charge in [0.15, 0.2) is 0 Å². The summed E-state index contributed by atoms with van der Waals surface area (Å²) in [5.41, 5.74) is 0. The molecule has 0 bridgehead atoms. The maximum absolute atomic E-state index is 8.59. The van der Waals surface area contributed by atoms with Crippen molar-refractivity contribution in [3.63, 3.8) is 0 Å². The van der Waals surface area contributed by atoms with E-state index < -0.39 is 0 Å². The summed E-state index contributed by atoms with van der Waals surface area (Å²) in [4.78, 5) is 0. The van der Waals surface area contributed by atoms with Crippen molar-refractivity contribution in [3.05, 3.63) is 0 Å². The first-order chi connectivity index (χ1) is 25.8. The van der Waals surface area contributed by atoms with E-state index in [1.54, 1.807) is 0 Å². The summed E-state index contributed by atoms with van der Waals surface area (Å²) >= 11 is 0. The van der Waals surface area contributed by atoms with Crippen LogP contribution in [0.2, 0.25) is 0 Å². The molecule has 0 aromatic heterocycles. The zero-order valence-corrected chi connectivity index (χ0v) is 33.4. The minimum Gasteiger partial charge on any atom is -0.394 e. The first kappa shape index (κ1) is 51.5. The molecule has 0 rings (SSSR count). The molecule has 0 spiro atoms. The molecular weight excluding hydrogens is 676 g/mol. The zero-order chi connectivity index (χ0) is 37.5. The Bertz CT molecular complexity index is 621. The van der Waals surface area contributed by atoms with Crippen molar-refractivity contribution in [2.45, 2.75) is 97.0 Å². The Kier molecular flexibility index (Phi) is 48.0. The van der Waals surface area contributed by atoms with E-state index in [-0.39, 0.29) is 12.7 Å². The van der Waals surface area contributed by atoms with Gasteiger partial charge in [0.05, 0.1) is 151 Å². The Morgan fingerprint density at radius 2 is 0.577 bits per heavy atom. The Morgan fingerprint density at radius 1 is 0.308 bits per heavy atom. The van der Waals surface area contributed by atoms with E-state index in [4.69, 9.17) is 61.9 Å². The number of hydrogen-bond donors (Lipinski definition) is 1. The van der Waals surface area contributed by atoms with Gasteiger partial charge in [-0.15, -0.1) is 0 Å². The first-order valence-electron chi connectivity index (χ1n) is 20.4. The number of aliphatic hydroxyl groups is 1. The fourth-order valence-electron chi connectivity index (χ4n) is 4.76. The summed E-state index contributed by atoms with van der Waals surface area (Å²) in [6.07, 6.45) is 16.0. The van der Waals surface area contributed by atoms with Gasteiger partial charge in [0, 0.05) is 13.2 Å². The molecule has 1 atom stereocenters. The highest BCUT2D eigenvalue weighted by Gasteiger charge is 2.03. The van der Waals surface area contributed by atoms with Crippen molar-refractivity contribution in [1.82, 2.24) is 0 Å². The largest absolute Gasteiger partial charge is 0.394 e. The van der Waals surface area contributed by atoms with Gasteiger partial charge in [-0.25, -0.2) is 0 Å². The summed E-state index contributed by atoms with van der Waals surface area (Å²) in [6.45, 7) is 16.7. The molecule has 1 unspecified atom stereocenters. The van der Waals surface area contributed by atoms with Gasteiger partial charge >= 0.3 is 0 Å². The topological polar surface area (TPSA) is 131 Å². The van der Waals surface area contributed by atoms with Crippen molar-refractivity contribution < 1.29 is 61.9 Å².